The van der Waals surface area contributed by atoms with Crippen LogP contribution in [0.1, 0.15) is 45.5 Å². The fraction of sp³-hybridized carbons (Fsp3) is 0.250. The molecule has 0 spiro atoms. The van der Waals surface area contributed by atoms with E-state index in [4.69, 9.17) is 11.1 Å². The zero-order valence-corrected chi connectivity index (χ0v) is 14.5. The average molecular weight is 350 g/mol. The van der Waals surface area contributed by atoms with Crippen molar-refractivity contribution in [1.29, 1.82) is 5.41 Å². The number of piperidine rings is 1. The molecule has 26 heavy (non-hydrogen) atoms. The van der Waals surface area contributed by atoms with Gasteiger partial charge in [0, 0.05) is 35.5 Å². The number of amidine groups is 1. The van der Waals surface area contributed by atoms with Crippen LogP contribution in [-0.2, 0) is 0 Å². The number of amides is 2. The van der Waals surface area contributed by atoms with Gasteiger partial charge in [-0.3, -0.25) is 15.0 Å². The first-order valence-electron chi connectivity index (χ1n) is 8.70. The van der Waals surface area contributed by atoms with E-state index in [1.54, 1.807) is 42.5 Å². The van der Waals surface area contributed by atoms with Crippen molar-refractivity contribution in [3.8, 4) is 0 Å². The second-order valence-electron chi connectivity index (χ2n) is 6.35. The van der Waals surface area contributed by atoms with E-state index in [1.807, 2.05) is 11.0 Å². The van der Waals surface area contributed by atoms with Crippen LogP contribution >= 0.6 is 0 Å². The second-order valence-corrected chi connectivity index (χ2v) is 6.35. The van der Waals surface area contributed by atoms with Gasteiger partial charge < -0.3 is 16.0 Å². The third-order valence-electron chi connectivity index (χ3n) is 4.49. The van der Waals surface area contributed by atoms with Crippen LogP contribution in [0.3, 0.4) is 0 Å². The van der Waals surface area contributed by atoms with E-state index < -0.39 is 0 Å². The summed E-state index contributed by atoms with van der Waals surface area (Å²) in [5.74, 6) is -0.569. The van der Waals surface area contributed by atoms with E-state index >= 15 is 0 Å². The van der Waals surface area contributed by atoms with Gasteiger partial charge in [-0.15, -0.1) is 0 Å². The van der Waals surface area contributed by atoms with Crippen LogP contribution in [0.4, 0.5) is 5.69 Å². The predicted molar refractivity (Wildman–Crippen MR) is 101 cm³/mol. The van der Waals surface area contributed by atoms with Crippen molar-refractivity contribution in [3.63, 3.8) is 0 Å². The average Bonchev–Trinajstić information content (AvgIpc) is 2.69. The number of anilines is 1. The zero-order valence-electron chi connectivity index (χ0n) is 14.5. The van der Waals surface area contributed by atoms with Crippen LogP contribution in [0.5, 0.6) is 0 Å². The van der Waals surface area contributed by atoms with Crippen LogP contribution in [0, 0.1) is 5.41 Å². The minimum Gasteiger partial charge on any atom is -0.398 e. The van der Waals surface area contributed by atoms with E-state index in [-0.39, 0.29) is 17.6 Å². The highest BCUT2D eigenvalue weighted by Crippen LogP contribution is 2.18. The van der Waals surface area contributed by atoms with E-state index in [2.05, 4.69) is 5.32 Å². The third-order valence-corrected chi connectivity index (χ3v) is 4.49. The number of nitrogen functional groups attached to an aromatic ring is 1. The number of likely N-dealkylation sites (tertiary alicyclic amines) is 1. The number of carbonyl (C=O) groups is 2. The molecule has 2 aromatic carbocycles. The number of nitrogens with two attached hydrogens (primary N) is 1. The molecule has 0 aromatic heterocycles. The first-order chi connectivity index (χ1) is 12.6. The van der Waals surface area contributed by atoms with Crippen molar-refractivity contribution in [1.82, 2.24) is 10.2 Å². The molecule has 1 aliphatic heterocycles. The summed E-state index contributed by atoms with van der Waals surface area (Å²) in [6, 6.07) is 13.5. The molecule has 2 amide bonds. The Morgan fingerprint density at radius 3 is 2.35 bits per heavy atom. The van der Waals surface area contributed by atoms with E-state index in [0.29, 0.717) is 22.4 Å². The maximum absolute atomic E-state index is 12.7. The molecule has 1 heterocycles. The molecule has 1 fully saturated rings. The Labute approximate surface area is 152 Å². The normalized spacial score (nSPS) is 13.9. The molecule has 0 saturated carbocycles. The van der Waals surface area contributed by atoms with Crippen molar-refractivity contribution in [3.05, 3.63) is 65.2 Å². The highest BCUT2D eigenvalue weighted by atomic mass is 16.2. The minimum absolute atomic E-state index is 0.0619. The second kappa shape index (κ2) is 7.82. The van der Waals surface area contributed by atoms with Gasteiger partial charge in [-0.25, -0.2) is 0 Å². The molecular weight excluding hydrogens is 328 g/mol. The molecule has 6 heteroatoms. The number of hydrogen-bond donors (Lipinski definition) is 3. The highest BCUT2D eigenvalue weighted by Gasteiger charge is 2.20. The molecule has 0 radical (unpaired) electrons. The lowest BCUT2D eigenvalue weighted by molar-refractivity contribution is 0.0724. The van der Waals surface area contributed by atoms with Gasteiger partial charge in [-0.05, 0) is 49.6 Å². The monoisotopic (exact) mass is 350 g/mol. The lowest BCUT2D eigenvalue weighted by Crippen LogP contribution is -2.36. The van der Waals surface area contributed by atoms with Gasteiger partial charge in [0.25, 0.3) is 11.8 Å². The number of nitrogens with one attached hydrogen (secondary N) is 2. The minimum atomic E-state index is -0.386. The Balaban J connectivity index is 1.77. The molecular formula is C20H22N4O2. The zero-order chi connectivity index (χ0) is 18.5. The van der Waals surface area contributed by atoms with Gasteiger partial charge in [-0.1, -0.05) is 18.2 Å². The molecule has 3 rings (SSSR count). The van der Waals surface area contributed by atoms with Crippen LogP contribution in [0.15, 0.2) is 48.5 Å². The lowest BCUT2D eigenvalue weighted by atomic mass is 10.0. The molecule has 6 nitrogen and oxygen atoms in total. The van der Waals surface area contributed by atoms with Crippen LogP contribution in [-0.4, -0.2) is 35.6 Å². The number of rotatable bonds is 3. The summed E-state index contributed by atoms with van der Waals surface area (Å²) in [6.45, 7) is 1.50. The van der Waals surface area contributed by atoms with E-state index in [0.717, 1.165) is 32.4 Å². The fourth-order valence-corrected chi connectivity index (χ4v) is 3.03. The summed E-state index contributed by atoms with van der Waals surface area (Å²) >= 11 is 0. The van der Waals surface area contributed by atoms with Gasteiger partial charge in [0.1, 0.15) is 5.84 Å². The number of nitrogens with zero attached hydrogens (tertiary/aromatic N) is 1. The molecule has 0 atom stereocenters. The van der Waals surface area contributed by atoms with Crippen LogP contribution in [0.2, 0.25) is 0 Å². The summed E-state index contributed by atoms with van der Waals surface area (Å²) in [5.41, 5.74) is 7.59. The third kappa shape index (κ3) is 3.91. The Bertz CT molecular complexity index is 827. The van der Waals surface area contributed by atoms with Crippen molar-refractivity contribution < 1.29 is 9.59 Å². The van der Waals surface area contributed by atoms with Gasteiger partial charge in [0.2, 0.25) is 0 Å². The van der Waals surface area contributed by atoms with Gasteiger partial charge in [0.05, 0.1) is 0 Å². The van der Waals surface area contributed by atoms with Crippen molar-refractivity contribution in [2.24, 2.45) is 0 Å². The summed E-state index contributed by atoms with van der Waals surface area (Å²) in [4.78, 5) is 26.7. The number of carbonyl (C=O) groups excluding carboxylic acids is 2. The molecule has 1 saturated heterocycles. The first kappa shape index (κ1) is 17.7. The van der Waals surface area contributed by atoms with Crippen molar-refractivity contribution >= 4 is 23.3 Å². The molecule has 2 aromatic rings. The SMILES string of the molecule is N=C(NC(=O)c1ccccc1)c1cc(C(=O)N2CCCCC2)ccc1N. The van der Waals surface area contributed by atoms with Crippen LogP contribution < -0.4 is 11.1 Å². The maximum Gasteiger partial charge on any atom is 0.256 e. The van der Waals surface area contributed by atoms with Crippen molar-refractivity contribution in [2.75, 3.05) is 18.8 Å². The Morgan fingerprint density at radius 2 is 1.65 bits per heavy atom. The van der Waals surface area contributed by atoms with Gasteiger partial charge in [0.15, 0.2) is 0 Å². The number of hydrogen-bond acceptors (Lipinski definition) is 4. The smallest absolute Gasteiger partial charge is 0.256 e. The Hall–Kier alpha value is -3.15. The molecule has 1 aliphatic rings. The highest BCUT2D eigenvalue weighted by molar-refractivity contribution is 6.14. The summed E-state index contributed by atoms with van der Waals surface area (Å²) in [5, 5.41) is 10.7. The molecule has 0 aliphatic carbocycles. The summed E-state index contributed by atoms with van der Waals surface area (Å²) in [7, 11) is 0. The quantitative estimate of drug-likeness (QED) is 0.451. The molecule has 0 unspecified atom stereocenters. The van der Waals surface area contributed by atoms with Gasteiger partial charge >= 0.3 is 0 Å². The molecule has 0 bridgehead atoms. The Morgan fingerprint density at radius 1 is 0.962 bits per heavy atom. The predicted octanol–water partition coefficient (Wildman–Crippen LogP) is 2.65. The maximum atomic E-state index is 12.7. The summed E-state index contributed by atoms with van der Waals surface area (Å²) < 4.78 is 0. The largest absolute Gasteiger partial charge is 0.398 e. The Kier molecular flexibility index (Phi) is 5.31. The molecule has 134 valence electrons. The standard InChI is InChI=1S/C20H22N4O2/c21-17-10-9-15(20(26)24-11-5-2-6-12-24)13-16(17)18(22)23-19(25)14-7-3-1-4-8-14/h1,3-4,7-10,13H,2,5-6,11-12,21H2,(H2,22,23,25). The first-order valence-corrected chi connectivity index (χ1v) is 8.70. The van der Waals surface area contributed by atoms with Crippen molar-refractivity contribution in [2.45, 2.75) is 19.3 Å². The van der Waals surface area contributed by atoms with Crippen LogP contribution in [0.25, 0.3) is 0 Å². The summed E-state index contributed by atoms with van der Waals surface area (Å²) in [6.07, 6.45) is 3.17. The topological polar surface area (TPSA) is 99.3 Å². The fourth-order valence-electron chi connectivity index (χ4n) is 3.03. The number of benzene rings is 2. The van der Waals surface area contributed by atoms with E-state index in [1.165, 1.54) is 0 Å². The molecule has 4 N–H and O–H groups in total. The van der Waals surface area contributed by atoms with Gasteiger partial charge in [-0.2, -0.15) is 0 Å². The lowest BCUT2D eigenvalue weighted by Gasteiger charge is -2.27. The van der Waals surface area contributed by atoms with E-state index in [9.17, 15) is 9.59 Å².